The highest BCUT2D eigenvalue weighted by atomic mass is 35.5. The summed E-state index contributed by atoms with van der Waals surface area (Å²) in [6.45, 7) is 0. The largest absolute Gasteiger partial charge is 0.508 e. The number of phenolic OH excluding ortho intramolecular Hbond substituents is 1. The second kappa shape index (κ2) is 11.3. The Hall–Kier alpha value is -3.84. The lowest BCUT2D eigenvalue weighted by Crippen LogP contribution is -2.42. The molecule has 0 saturated heterocycles. The third-order valence-electron chi connectivity index (χ3n) is 7.31. The van der Waals surface area contributed by atoms with Crippen LogP contribution in [0.15, 0.2) is 67.0 Å². The number of aliphatic carboxylic acids is 1. The minimum atomic E-state index is -1.13. The molecular weight excluding hydrogens is 502 g/mol. The van der Waals surface area contributed by atoms with Gasteiger partial charge in [-0.2, -0.15) is 0 Å². The van der Waals surface area contributed by atoms with E-state index in [1.807, 2.05) is 42.6 Å². The zero-order valence-corrected chi connectivity index (χ0v) is 21.7. The lowest BCUT2D eigenvalue weighted by atomic mass is 9.83. The van der Waals surface area contributed by atoms with E-state index in [-0.39, 0.29) is 17.9 Å². The summed E-state index contributed by atoms with van der Waals surface area (Å²) in [7, 11) is 0. The molecule has 0 radical (unpaired) electrons. The van der Waals surface area contributed by atoms with Gasteiger partial charge in [-0.25, -0.2) is 9.78 Å². The van der Waals surface area contributed by atoms with E-state index in [9.17, 15) is 19.8 Å². The van der Waals surface area contributed by atoms with E-state index >= 15 is 0 Å². The highest BCUT2D eigenvalue weighted by Gasteiger charge is 2.25. The number of aromatic hydroxyl groups is 1. The summed E-state index contributed by atoms with van der Waals surface area (Å²) in [6, 6.07) is 15.1. The summed E-state index contributed by atoms with van der Waals surface area (Å²) in [6.07, 6.45) is 10.3. The molecular formula is C30H30ClN3O4. The maximum absolute atomic E-state index is 13.1. The molecule has 0 spiro atoms. The number of hydrogen-bond acceptors (Lipinski definition) is 4. The van der Waals surface area contributed by atoms with Gasteiger partial charge in [0.1, 0.15) is 23.1 Å². The van der Waals surface area contributed by atoms with E-state index in [0.717, 1.165) is 41.5 Å². The summed E-state index contributed by atoms with van der Waals surface area (Å²) < 4.78 is 1.75. The number of nitrogens with zero attached hydrogens (tertiary/aromatic N) is 2. The molecule has 7 nitrogen and oxygen atoms in total. The third-order valence-corrected chi connectivity index (χ3v) is 7.56. The van der Waals surface area contributed by atoms with Crippen molar-refractivity contribution < 1.29 is 19.8 Å². The molecule has 1 aliphatic carbocycles. The van der Waals surface area contributed by atoms with Gasteiger partial charge in [-0.15, -0.1) is 0 Å². The van der Waals surface area contributed by atoms with Crippen molar-refractivity contribution in [3.8, 4) is 16.9 Å². The number of rotatable bonds is 8. The predicted molar refractivity (Wildman–Crippen MR) is 147 cm³/mol. The predicted octanol–water partition coefficient (Wildman–Crippen LogP) is 5.91. The summed E-state index contributed by atoms with van der Waals surface area (Å²) in [5.74, 6) is -0.985. The number of nitrogens with one attached hydrogen (secondary N) is 1. The van der Waals surface area contributed by atoms with Gasteiger partial charge in [0.15, 0.2) is 0 Å². The van der Waals surface area contributed by atoms with E-state index in [4.69, 9.17) is 11.6 Å². The highest BCUT2D eigenvalue weighted by molar-refractivity contribution is 6.30. The van der Waals surface area contributed by atoms with Gasteiger partial charge in [0.05, 0.1) is 0 Å². The molecule has 1 amide bonds. The van der Waals surface area contributed by atoms with Crippen LogP contribution in [0.5, 0.6) is 5.75 Å². The number of benzene rings is 2. The number of aromatic nitrogens is 2. The molecule has 1 aliphatic rings. The minimum absolute atomic E-state index is 0.123. The van der Waals surface area contributed by atoms with Gasteiger partial charge in [0.25, 0.3) is 5.91 Å². The van der Waals surface area contributed by atoms with Gasteiger partial charge >= 0.3 is 5.97 Å². The summed E-state index contributed by atoms with van der Waals surface area (Å²) >= 11 is 5.99. The Morgan fingerprint density at radius 1 is 0.974 bits per heavy atom. The van der Waals surface area contributed by atoms with Crippen molar-refractivity contribution >= 4 is 29.1 Å². The molecule has 2 aromatic heterocycles. The first-order valence-corrected chi connectivity index (χ1v) is 13.3. The monoisotopic (exact) mass is 531 g/mol. The molecule has 8 heteroatoms. The molecule has 2 heterocycles. The fourth-order valence-corrected chi connectivity index (χ4v) is 5.40. The average molecular weight is 532 g/mol. The standard InChI is InChI=1S/C30H30ClN3O4/c31-24-10-6-20(7-11-24)22-9-13-28-32-27(18-34(28)17-22)29(36)33-26(30(37)38)16-21-8-12-25(35)15-23(21)14-19-4-2-1-3-5-19/h6-13,15,17-19,26,35H,1-5,14,16H2,(H,33,36)(H,37,38)/t26-/m0/s1. The molecule has 5 rings (SSSR count). The van der Waals surface area contributed by atoms with Crippen LogP contribution in [0, 0.1) is 5.92 Å². The average Bonchev–Trinajstić information content (AvgIpc) is 3.34. The Bertz CT molecular complexity index is 1460. The molecule has 0 bridgehead atoms. The molecule has 38 heavy (non-hydrogen) atoms. The van der Waals surface area contributed by atoms with Gasteiger partial charge in [-0.3, -0.25) is 4.79 Å². The van der Waals surface area contributed by atoms with Crippen LogP contribution in [0.1, 0.15) is 53.7 Å². The van der Waals surface area contributed by atoms with Gasteiger partial charge < -0.3 is 19.9 Å². The zero-order chi connectivity index (χ0) is 26.6. The van der Waals surface area contributed by atoms with Crippen molar-refractivity contribution in [3.05, 3.63) is 88.8 Å². The SMILES string of the molecule is O=C(N[C@@H](Cc1ccc(O)cc1CC1CCCCC1)C(=O)O)c1cn2cc(-c3ccc(Cl)cc3)ccc2n1. The smallest absolute Gasteiger partial charge is 0.326 e. The lowest BCUT2D eigenvalue weighted by molar-refractivity contribution is -0.139. The molecule has 1 fully saturated rings. The number of imidazole rings is 1. The van der Waals surface area contributed by atoms with Crippen LogP contribution in [-0.2, 0) is 17.6 Å². The molecule has 4 aromatic rings. The topological polar surface area (TPSA) is 104 Å². The Kier molecular flexibility index (Phi) is 7.65. The number of phenols is 1. The van der Waals surface area contributed by atoms with Gasteiger partial charge in [0.2, 0.25) is 0 Å². The van der Waals surface area contributed by atoms with Crippen LogP contribution in [0.3, 0.4) is 0 Å². The lowest BCUT2D eigenvalue weighted by Gasteiger charge is -2.23. The molecule has 3 N–H and O–H groups in total. The Balaban J connectivity index is 1.33. The number of carbonyl (C=O) groups excluding carboxylic acids is 1. The van der Waals surface area contributed by atoms with Gasteiger partial charge in [-0.05, 0) is 71.0 Å². The molecule has 2 aromatic carbocycles. The van der Waals surface area contributed by atoms with Crippen LogP contribution in [0.25, 0.3) is 16.8 Å². The number of amides is 1. The first kappa shape index (κ1) is 25.8. The number of pyridine rings is 1. The fourth-order valence-electron chi connectivity index (χ4n) is 5.27. The third kappa shape index (κ3) is 6.00. The zero-order valence-electron chi connectivity index (χ0n) is 20.9. The second-order valence-electron chi connectivity index (χ2n) is 10.0. The Morgan fingerprint density at radius 3 is 2.45 bits per heavy atom. The van der Waals surface area contributed by atoms with Crippen LogP contribution < -0.4 is 5.32 Å². The molecule has 0 unspecified atom stereocenters. The van der Waals surface area contributed by atoms with E-state index in [2.05, 4.69) is 10.3 Å². The van der Waals surface area contributed by atoms with Gasteiger partial charge in [-0.1, -0.05) is 61.9 Å². The Morgan fingerprint density at radius 2 is 1.71 bits per heavy atom. The quantitative estimate of drug-likeness (QED) is 0.262. The number of halogens is 1. The maximum atomic E-state index is 13.1. The first-order valence-electron chi connectivity index (χ1n) is 12.9. The van der Waals surface area contributed by atoms with Crippen LogP contribution in [0.2, 0.25) is 5.02 Å². The number of carbonyl (C=O) groups is 2. The Labute approximate surface area is 226 Å². The summed E-state index contributed by atoms with van der Waals surface area (Å²) in [4.78, 5) is 29.6. The maximum Gasteiger partial charge on any atom is 0.326 e. The van der Waals surface area contributed by atoms with E-state index in [1.54, 1.807) is 28.8 Å². The molecule has 1 saturated carbocycles. The first-order chi connectivity index (χ1) is 18.4. The summed E-state index contributed by atoms with van der Waals surface area (Å²) in [5.41, 5.74) is 4.38. The number of carboxylic acids is 1. The van der Waals surface area contributed by atoms with Crippen molar-refractivity contribution in [2.75, 3.05) is 0 Å². The second-order valence-corrected chi connectivity index (χ2v) is 10.5. The van der Waals surface area contributed by atoms with Crippen molar-refractivity contribution in [1.29, 1.82) is 0 Å². The van der Waals surface area contributed by atoms with Crippen molar-refractivity contribution in [2.24, 2.45) is 5.92 Å². The fraction of sp³-hybridized carbons (Fsp3) is 0.300. The number of hydrogen-bond donors (Lipinski definition) is 3. The van der Waals surface area contributed by atoms with E-state index < -0.39 is 17.9 Å². The number of carboxylic acid groups (broad SMARTS) is 1. The minimum Gasteiger partial charge on any atom is -0.508 e. The van der Waals surface area contributed by atoms with Gasteiger partial charge in [0, 0.05) is 23.8 Å². The van der Waals surface area contributed by atoms with Crippen LogP contribution in [-0.4, -0.2) is 37.5 Å². The molecule has 196 valence electrons. The van der Waals surface area contributed by atoms with Crippen molar-refractivity contribution in [2.45, 2.75) is 51.0 Å². The van der Waals surface area contributed by atoms with Crippen LogP contribution in [0.4, 0.5) is 0 Å². The van der Waals surface area contributed by atoms with E-state index in [1.165, 1.54) is 19.3 Å². The highest BCUT2D eigenvalue weighted by Crippen LogP contribution is 2.30. The van der Waals surface area contributed by atoms with Crippen molar-refractivity contribution in [1.82, 2.24) is 14.7 Å². The summed E-state index contributed by atoms with van der Waals surface area (Å²) in [5, 5.41) is 23.3. The number of fused-ring (bicyclic) bond motifs is 1. The van der Waals surface area contributed by atoms with Crippen LogP contribution >= 0.6 is 11.6 Å². The van der Waals surface area contributed by atoms with E-state index in [0.29, 0.717) is 16.6 Å². The normalized spacial score (nSPS) is 14.9. The molecule has 0 aliphatic heterocycles. The molecule has 1 atom stereocenters. The van der Waals surface area contributed by atoms with Crippen molar-refractivity contribution in [3.63, 3.8) is 0 Å².